The lowest BCUT2D eigenvalue weighted by molar-refractivity contribution is -0.123. The molecule has 1 aromatic heterocycles. The third-order valence-corrected chi connectivity index (χ3v) is 4.49. The van der Waals surface area contributed by atoms with Crippen LogP contribution >= 0.6 is 0 Å². The molecule has 0 bridgehead atoms. The molecule has 1 atom stereocenters. The Bertz CT molecular complexity index is 854. The number of ether oxygens (including phenoxy) is 1. The summed E-state index contributed by atoms with van der Waals surface area (Å²) in [4.78, 5) is 16.2. The standard InChI is InChI=1S/C22H25N3O2/c1-16(2)18-6-10-21(11-7-18)27-14-22(26)24-17(3)19-4-8-20(9-5-19)25-13-12-23-15-25/h4-13,15-17H,14H2,1-3H3,(H,24,26)/t17-/m0/s1. The Morgan fingerprint density at radius 1 is 1.04 bits per heavy atom. The van der Waals surface area contributed by atoms with E-state index in [9.17, 15) is 4.79 Å². The fourth-order valence-corrected chi connectivity index (χ4v) is 2.81. The lowest BCUT2D eigenvalue weighted by Gasteiger charge is -2.15. The van der Waals surface area contributed by atoms with E-state index in [0.29, 0.717) is 11.7 Å². The van der Waals surface area contributed by atoms with Crippen molar-refractivity contribution in [3.05, 3.63) is 78.4 Å². The number of rotatable bonds is 7. The molecule has 2 aromatic carbocycles. The van der Waals surface area contributed by atoms with Crippen LogP contribution < -0.4 is 10.1 Å². The maximum absolute atomic E-state index is 12.2. The third kappa shape index (κ3) is 4.97. The van der Waals surface area contributed by atoms with Gasteiger partial charge < -0.3 is 14.6 Å². The molecule has 5 heteroatoms. The van der Waals surface area contributed by atoms with E-state index in [1.54, 1.807) is 12.5 Å². The van der Waals surface area contributed by atoms with E-state index in [-0.39, 0.29) is 18.6 Å². The van der Waals surface area contributed by atoms with Gasteiger partial charge in [0.25, 0.3) is 5.91 Å². The van der Waals surface area contributed by atoms with Gasteiger partial charge in [-0.15, -0.1) is 0 Å². The van der Waals surface area contributed by atoms with Gasteiger partial charge in [-0.25, -0.2) is 4.98 Å². The molecule has 27 heavy (non-hydrogen) atoms. The predicted octanol–water partition coefficient (Wildman–Crippen LogP) is 4.25. The molecule has 5 nitrogen and oxygen atoms in total. The summed E-state index contributed by atoms with van der Waals surface area (Å²) in [6.07, 6.45) is 5.39. The summed E-state index contributed by atoms with van der Waals surface area (Å²) in [5.41, 5.74) is 3.32. The van der Waals surface area contributed by atoms with Crippen LogP contribution in [-0.2, 0) is 4.79 Å². The quantitative estimate of drug-likeness (QED) is 0.683. The molecular formula is C22H25N3O2. The Kier molecular flexibility index (Phi) is 5.91. The highest BCUT2D eigenvalue weighted by Crippen LogP contribution is 2.19. The second kappa shape index (κ2) is 8.54. The molecule has 0 fully saturated rings. The van der Waals surface area contributed by atoms with Crippen molar-refractivity contribution in [3.63, 3.8) is 0 Å². The summed E-state index contributed by atoms with van der Waals surface area (Å²) < 4.78 is 7.52. The van der Waals surface area contributed by atoms with Gasteiger partial charge in [0.2, 0.25) is 0 Å². The van der Waals surface area contributed by atoms with Gasteiger partial charge in [-0.05, 0) is 48.2 Å². The number of carbonyl (C=O) groups excluding carboxylic acids is 1. The number of nitrogens with one attached hydrogen (secondary N) is 1. The van der Waals surface area contributed by atoms with Crippen molar-refractivity contribution in [2.75, 3.05) is 6.61 Å². The van der Waals surface area contributed by atoms with Gasteiger partial charge in [0.05, 0.1) is 12.4 Å². The van der Waals surface area contributed by atoms with E-state index < -0.39 is 0 Å². The molecule has 0 radical (unpaired) electrons. The number of hydrogen-bond donors (Lipinski definition) is 1. The SMILES string of the molecule is CC(C)c1ccc(OCC(=O)N[C@@H](C)c2ccc(-n3ccnc3)cc2)cc1. The highest BCUT2D eigenvalue weighted by molar-refractivity contribution is 5.78. The van der Waals surface area contributed by atoms with Crippen molar-refractivity contribution in [2.24, 2.45) is 0 Å². The average Bonchev–Trinajstić information content (AvgIpc) is 3.21. The fraction of sp³-hybridized carbons (Fsp3) is 0.273. The smallest absolute Gasteiger partial charge is 0.258 e. The fourth-order valence-electron chi connectivity index (χ4n) is 2.81. The number of aromatic nitrogens is 2. The molecule has 3 aromatic rings. The summed E-state index contributed by atoms with van der Waals surface area (Å²) in [7, 11) is 0. The van der Waals surface area contributed by atoms with E-state index in [0.717, 1.165) is 11.3 Å². The van der Waals surface area contributed by atoms with Crippen molar-refractivity contribution in [3.8, 4) is 11.4 Å². The van der Waals surface area contributed by atoms with Crippen molar-refractivity contribution >= 4 is 5.91 Å². The summed E-state index contributed by atoms with van der Waals surface area (Å²) in [6.45, 7) is 6.25. The van der Waals surface area contributed by atoms with Crippen molar-refractivity contribution in [1.82, 2.24) is 14.9 Å². The van der Waals surface area contributed by atoms with Crippen LogP contribution in [0.3, 0.4) is 0 Å². The summed E-state index contributed by atoms with van der Waals surface area (Å²) in [5.74, 6) is 1.03. The van der Waals surface area contributed by atoms with Gasteiger partial charge in [-0.3, -0.25) is 4.79 Å². The minimum Gasteiger partial charge on any atom is -0.484 e. The first-order valence-corrected chi connectivity index (χ1v) is 9.13. The second-order valence-electron chi connectivity index (χ2n) is 6.86. The zero-order chi connectivity index (χ0) is 19.2. The Morgan fingerprint density at radius 3 is 2.30 bits per heavy atom. The summed E-state index contributed by atoms with van der Waals surface area (Å²) in [6, 6.07) is 15.8. The highest BCUT2D eigenvalue weighted by Gasteiger charge is 2.10. The highest BCUT2D eigenvalue weighted by atomic mass is 16.5. The first kappa shape index (κ1) is 18.7. The molecule has 1 N–H and O–H groups in total. The average molecular weight is 363 g/mol. The van der Waals surface area contributed by atoms with Crippen LogP contribution in [0, 0.1) is 0 Å². The first-order valence-electron chi connectivity index (χ1n) is 9.13. The van der Waals surface area contributed by atoms with Crippen LogP contribution in [-0.4, -0.2) is 22.1 Å². The zero-order valence-corrected chi connectivity index (χ0v) is 15.9. The zero-order valence-electron chi connectivity index (χ0n) is 15.9. The number of carbonyl (C=O) groups is 1. The molecule has 0 aliphatic rings. The number of imidazole rings is 1. The maximum atomic E-state index is 12.2. The summed E-state index contributed by atoms with van der Waals surface area (Å²) in [5, 5.41) is 2.97. The molecule has 0 spiro atoms. The van der Waals surface area contributed by atoms with E-state index in [4.69, 9.17) is 4.74 Å². The summed E-state index contributed by atoms with van der Waals surface area (Å²) >= 11 is 0. The van der Waals surface area contributed by atoms with Crippen LogP contribution in [0.25, 0.3) is 5.69 Å². The molecular weight excluding hydrogens is 338 g/mol. The lowest BCUT2D eigenvalue weighted by atomic mass is 10.0. The van der Waals surface area contributed by atoms with E-state index in [2.05, 4.69) is 24.1 Å². The van der Waals surface area contributed by atoms with Crippen molar-refractivity contribution in [2.45, 2.75) is 32.7 Å². The van der Waals surface area contributed by atoms with Gasteiger partial charge in [-0.2, -0.15) is 0 Å². The monoisotopic (exact) mass is 363 g/mol. The van der Waals surface area contributed by atoms with E-state index >= 15 is 0 Å². The van der Waals surface area contributed by atoms with Crippen molar-refractivity contribution in [1.29, 1.82) is 0 Å². The molecule has 0 aliphatic carbocycles. The molecule has 0 unspecified atom stereocenters. The van der Waals surface area contributed by atoms with Crippen LogP contribution in [0.4, 0.5) is 0 Å². The Balaban J connectivity index is 1.51. The molecule has 3 rings (SSSR count). The van der Waals surface area contributed by atoms with Gasteiger partial charge in [0.1, 0.15) is 5.75 Å². The van der Waals surface area contributed by atoms with E-state index in [1.807, 2.05) is 66.2 Å². The van der Waals surface area contributed by atoms with Gasteiger partial charge in [-0.1, -0.05) is 38.1 Å². The first-order chi connectivity index (χ1) is 13.0. The Labute approximate surface area is 160 Å². The Morgan fingerprint density at radius 2 is 1.70 bits per heavy atom. The third-order valence-electron chi connectivity index (χ3n) is 4.49. The second-order valence-corrected chi connectivity index (χ2v) is 6.86. The predicted molar refractivity (Wildman–Crippen MR) is 106 cm³/mol. The minimum absolute atomic E-state index is 0.00150. The molecule has 0 saturated carbocycles. The number of amides is 1. The van der Waals surface area contributed by atoms with E-state index in [1.165, 1.54) is 5.56 Å². The topological polar surface area (TPSA) is 56.1 Å². The van der Waals surface area contributed by atoms with Crippen LogP contribution in [0.1, 0.15) is 43.9 Å². The normalized spacial score (nSPS) is 12.0. The maximum Gasteiger partial charge on any atom is 0.258 e. The Hall–Kier alpha value is -3.08. The molecule has 140 valence electrons. The van der Waals surface area contributed by atoms with Crippen molar-refractivity contribution < 1.29 is 9.53 Å². The molecule has 0 saturated heterocycles. The van der Waals surface area contributed by atoms with Crippen LogP contribution in [0.5, 0.6) is 5.75 Å². The molecule has 1 amide bonds. The van der Waals surface area contributed by atoms with Crippen LogP contribution in [0.15, 0.2) is 67.3 Å². The molecule has 1 heterocycles. The lowest BCUT2D eigenvalue weighted by Crippen LogP contribution is -2.31. The van der Waals surface area contributed by atoms with Gasteiger partial charge in [0.15, 0.2) is 6.61 Å². The number of nitrogens with zero attached hydrogens (tertiary/aromatic N) is 2. The number of hydrogen-bond acceptors (Lipinski definition) is 3. The largest absolute Gasteiger partial charge is 0.484 e. The molecule has 0 aliphatic heterocycles. The minimum atomic E-state index is -0.144. The van der Waals surface area contributed by atoms with Crippen LogP contribution in [0.2, 0.25) is 0 Å². The number of benzene rings is 2. The van der Waals surface area contributed by atoms with Gasteiger partial charge >= 0.3 is 0 Å². The van der Waals surface area contributed by atoms with Gasteiger partial charge in [0, 0.05) is 18.1 Å².